The highest BCUT2D eigenvalue weighted by Gasteiger charge is 2.38. The van der Waals surface area contributed by atoms with Gasteiger partial charge in [0.15, 0.2) is 0 Å². The molecule has 1 N–H and O–H groups in total. The van der Waals surface area contributed by atoms with Gasteiger partial charge in [-0.15, -0.1) is 0 Å². The highest BCUT2D eigenvalue weighted by molar-refractivity contribution is 5.89. The third kappa shape index (κ3) is 4.24. The Labute approximate surface area is 162 Å². The van der Waals surface area contributed by atoms with E-state index >= 15 is 0 Å². The topological polar surface area (TPSA) is 88.8 Å². The van der Waals surface area contributed by atoms with Crippen LogP contribution in [0.4, 0.5) is 0 Å². The van der Waals surface area contributed by atoms with Gasteiger partial charge in [-0.3, -0.25) is 14.4 Å². The summed E-state index contributed by atoms with van der Waals surface area (Å²) in [6, 6.07) is 12.6. The average molecular weight is 382 g/mol. The lowest BCUT2D eigenvalue weighted by Gasteiger charge is -2.20. The number of nitrogens with zero attached hydrogens (tertiary/aromatic N) is 1. The van der Waals surface area contributed by atoms with Gasteiger partial charge in [0.05, 0.1) is 18.7 Å². The van der Waals surface area contributed by atoms with Crippen molar-refractivity contribution in [2.75, 3.05) is 6.54 Å². The number of nitrogens with one attached hydrogen (secondary N) is 1. The smallest absolute Gasteiger partial charge is 0.312 e. The zero-order valence-electron chi connectivity index (χ0n) is 15.4. The predicted octanol–water partition coefficient (Wildman–Crippen LogP) is 2.19. The Balaban J connectivity index is 1.42. The van der Waals surface area contributed by atoms with Crippen LogP contribution in [-0.2, 0) is 25.7 Å². The standard InChI is InChI=1S/C21H22N2O5/c24-18-11-15(12-23(18)13-17-7-4-10-27-17)21(26)28-19(14-5-2-1-3-6-14)20(25)22-16-8-9-16/h1-7,10,15-16,19H,8-9,11-13H2,(H,22,25)/t15-,19-/m1/s1. The van der Waals surface area contributed by atoms with E-state index < -0.39 is 18.0 Å². The number of ether oxygens (including phenoxy) is 1. The number of benzene rings is 1. The van der Waals surface area contributed by atoms with Crippen LogP contribution in [0.5, 0.6) is 0 Å². The second-order valence-corrected chi connectivity index (χ2v) is 7.27. The van der Waals surface area contributed by atoms with Gasteiger partial charge in [-0.1, -0.05) is 30.3 Å². The van der Waals surface area contributed by atoms with Gasteiger partial charge in [0, 0.05) is 24.6 Å². The molecular formula is C21H22N2O5. The molecule has 1 aliphatic carbocycles. The van der Waals surface area contributed by atoms with Crippen molar-refractivity contribution >= 4 is 17.8 Å². The summed E-state index contributed by atoms with van der Waals surface area (Å²) in [6.45, 7) is 0.573. The minimum atomic E-state index is -1.01. The van der Waals surface area contributed by atoms with Crippen LogP contribution in [0, 0.1) is 5.92 Å². The van der Waals surface area contributed by atoms with E-state index in [-0.39, 0.29) is 30.8 Å². The molecule has 2 aromatic rings. The second kappa shape index (κ2) is 7.88. The summed E-state index contributed by atoms with van der Waals surface area (Å²) < 4.78 is 10.9. The zero-order chi connectivity index (χ0) is 19.5. The largest absolute Gasteiger partial charge is 0.467 e. The Morgan fingerprint density at radius 3 is 2.64 bits per heavy atom. The highest BCUT2D eigenvalue weighted by Crippen LogP contribution is 2.27. The molecule has 28 heavy (non-hydrogen) atoms. The van der Waals surface area contributed by atoms with Crippen molar-refractivity contribution in [2.45, 2.75) is 38.0 Å². The molecule has 2 aliphatic rings. The number of hydrogen-bond acceptors (Lipinski definition) is 5. The molecule has 0 radical (unpaired) electrons. The van der Waals surface area contributed by atoms with Crippen molar-refractivity contribution in [1.29, 1.82) is 0 Å². The Kier molecular flexibility index (Phi) is 5.14. The molecule has 1 aliphatic heterocycles. The normalized spacial score (nSPS) is 20.1. The van der Waals surface area contributed by atoms with Gasteiger partial charge < -0.3 is 19.4 Å². The van der Waals surface area contributed by atoms with Crippen LogP contribution in [0.3, 0.4) is 0 Å². The Morgan fingerprint density at radius 1 is 1.18 bits per heavy atom. The van der Waals surface area contributed by atoms with Crippen molar-refractivity contribution < 1.29 is 23.5 Å². The molecule has 1 aromatic carbocycles. The fourth-order valence-electron chi connectivity index (χ4n) is 3.29. The average Bonchev–Trinajstić information content (AvgIpc) is 3.21. The maximum absolute atomic E-state index is 12.7. The highest BCUT2D eigenvalue weighted by atomic mass is 16.5. The quantitative estimate of drug-likeness (QED) is 0.742. The first-order chi connectivity index (χ1) is 13.6. The Bertz CT molecular complexity index is 845. The van der Waals surface area contributed by atoms with Gasteiger partial charge in [-0.25, -0.2) is 0 Å². The molecule has 1 saturated heterocycles. The van der Waals surface area contributed by atoms with E-state index in [0.29, 0.717) is 17.9 Å². The first-order valence-electron chi connectivity index (χ1n) is 9.46. The lowest BCUT2D eigenvalue weighted by atomic mass is 10.1. The molecule has 7 nitrogen and oxygen atoms in total. The zero-order valence-corrected chi connectivity index (χ0v) is 15.4. The molecule has 2 atom stereocenters. The van der Waals surface area contributed by atoms with E-state index in [9.17, 15) is 14.4 Å². The number of likely N-dealkylation sites (tertiary alicyclic amines) is 1. The minimum Gasteiger partial charge on any atom is -0.467 e. The third-order valence-corrected chi connectivity index (χ3v) is 4.97. The molecule has 1 aromatic heterocycles. The monoisotopic (exact) mass is 382 g/mol. The molecule has 1 saturated carbocycles. The van der Waals surface area contributed by atoms with Crippen molar-refractivity contribution in [3.63, 3.8) is 0 Å². The molecule has 2 amide bonds. The van der Waals surface area contributed by atoms with E-state index in [1.165, 1.54) is 0 Å². The van der Waals surface area contributed by atoms with Gasteiger partial charge >= 0.3 is 5.97 Å². The van der Waals surface area contributed by atoms with Crippen molar-refractivity contribution in [3.05, 3.63) is 60.1 Å². The number of carbonyl (C=O) groups excluding carboxylic acids is 3. The maximum atomic E-state index is 12.7. The Morgan fingerprint density at radius 2 is 1.96 bits per heavy atom. The first-order valence-corrected chi connectivity index (χ1v) is 9.46. The fourth-order valence-corrected chi connectivity index (χ4v) is 3.29. The van der Waals surface area contributed by atoms with Gasteiger partial charge in [-0.2, -0.15) is 0 Å². The lowest BCUT2D eigenvalue weighted by molar-refractivity contribution is -0.160. The van der Waals surface area contributed by atoms with E-state index in [1.807, 2.05) is 6.07 Å². The van der Waals surface area contributed by atoms with Crippen LogP contribution in [-0.4, -0.2) is 35.3 Å². The lowest BCUT2D eigenvalue weighted by Crippen LogP contribution is -2.35. The van der Waals surface area contributed by atoms with E-state index in [2.05, 4.69) is 5.32 Å². The third-order valence-electron chi connectivity index (χ3n) is 4.97. The molecule has 7 heteroatoms. The SMILES string of the molecule is O=C(O[C@@H](C(=O)NC1CC1)c1ccccc1)[C@@H]1CC(=O)N(Cc2ccco2)C1. The molecule has 0 unspecified atom stereocenters. The summed E-state index contributed by atoms with van der Waals surface area (Å²) in [4.78, 5) is 39.2. The summed E-state index contributed by atoms with van der Waals surface area (Å²) in [5.41, 5.74) is 0.616. The van der Waals surface area contributed by atoms with Crippen molar-refractivity contribution in [3.8, 4) is 0 Å². The summed E-state index contributed by atoms with van der Waals surface area (Å²) in [6.07, 6.45) is 2.50. The summed E-state index contributed by atoms with van der Waals surface area (Å²) in [5.74, 6) is -0.915. The summed E-state index contributed by atoms with van der Waals surface area (Å²) >= 11 is 0. The van der Waals surface area contributed by atoms with Gasteiger partial charge in [0.25, 0.3) is 5.91 Å². The maximum Gasteiger partial charge on any atom is 0.312 e. The van der Waals surface area contributed by atoms with Gasteiger partial charge in [0.2, 0.25) is 12.0 Å². The summed E-state index contributed by atoms with van der Waals surface area (Å²) in [7, 11) is 0. The van der Waals surface area contributed by atoms with Crippen LogP contribution in [0.25, 0.3) is 0 Å². The van der Waals surface area contributed by atoms with Crippen LogP contribution in [0.1, 0.15) is 36.7 Å². The minimum absolute atomic E-state index is 0.0747. The number of amides is 2. The number of carbonyl (C=O) groups is 3. The van der Waals surface area contributed by atoms with Crippen LogP contribution in [0.15, 0.2) is 53.1 Å². The molecular weight excluding hydrogens is 360 g/mol. The van der Waals surface area contributed by atoms with Crippen LogP contribution < -0.4 is 5.32 Å². The Hall–Kier alpha value is -3.09. The number of esters is 1. The number of rotatable bonds is 7. The second-order valence-electron chi connectivity index (χ2n) is 7.27. The summed E-state index contributed by atoms with van der Waals surface area (Å²) in [5, 5.41) is 2.89. The fraction of sp³-hybridized carbons (Fsp3) is 0.381. The first kappa shape index (κ1) is 18.3. The van der Waals surface area contributed by atoms with Crippen LogP contribution >= 0.6 is 0 Å². The van der Waals surface area contributed by atoms with Crippen molar-refractivity contribution in [1.82, 2.24) is 10.2 Å². The van der Waals surface area contributed by atoms with Gasteiger partial charge in [-0.05, 0) is 25.0 Å². The molecule has 4 rings (SSSR count). The van der Waals surface area contributed by atoms with Crippen molar-refractivity contribution in [2.24, 2.45) is 5.92 Å². The molecule has 2 fully saturated rings. The van der Waals surface area contributed by atoms with Gasteiger partial charge in [0.1, 0.15) is 5.76 Å². The molecule has 146 valence electrons. The molecule has 0 bridgehead atoms. The number of furan rings is 1. The van der Waals surface area contributed by atoms with E-state index in [0.717, 1.165) is 12.8 Å². The van der Waals surface area contributed by atoms with E-state index in [1.54, 1.807) is 47.6 Å². The molecule has 0 spiro atoms. The predicted molar refractivity (Wildman–Crippen MR) is 98.7 cm³/mol. The van der Waals surface area contributed by atoms with Crippen LogP contribution in [0.2, 0.25) is 0 Å². The number of hydrogen-bond donors (Lipinski definition) is 1. The van der Waals surface area contributed by atoms with E-state index in [4.69, 9.17) is 9.15 Å². The molecule has 2 heterocycles.